The first-order valence-corrected chi connectivity index (χ1v) is 12.5. The predicted molar refractivity (Wildman–Crippen MR) is 137 cm³/mol. The van der Waals surface area contributed by atoms with E-state index >= 15 is 0 Å². The van der Waals surface area contributed by atoms with Gasteiger partial charge in [-0.2, -0.15) is 0 Å². The van der Waals surface area contributed by atoms with Crippen molar-refractivity contribution in [2.75, 3.05) is 12.3 Å². The Balaban J connectivity index is 1.84. The Morgan fingerprint density at radius 2 is 1.48 bits per heavy atom. The van der Waals surface area contributed by atoms with Gasteiger partial charge in [-0.25, -0.2) is 0 Å². The number of likely N-dealkylation sites (N-methyl/N-ethyl adjacent to an activating group) is 1. The van der Waals surface area contributed by atoms with E-state index in [9.17, 15) is 9.59 Å². The number of hydrogen-bond acceptors (Lipinski definition) is 3. The number of rotatable bonds is 11. The maximum atomic E-state index is 13.5. The van der Waals surface area contributed by atoms with Gasteiger partial charge < -0.3 is 10.2 Å². The van der Waals surface area contributed by atoms with E-state index < -0.39 is 6.04 Å². The van der Waals surface area contributed by atoms with E-state index in [1.54, 1.807) is 16.7 Å². The highest BCUT2D eigenvalue weighted by Gasteiger charge is 2.30. The number of nitrogens with zero attached hydrogens (tertiary/aromatic N) is 1. The van der Waals surface area contributed by atoms with Gasteiger partial charge in [-0.3, -0.25) is 9.59 Å². The van der Waals surface area contributed by atoms with E-state index in [4.69, 9.17) is 0 Å². The van der Waals surface area contributed by atoms with E-state index in [2.05, 4.69) is 17.4 Å². The molecule has 1 N–H and O–H groups in total. The first-order valence-electron chi connectivity index (χ1n) is 11.4. The van der Waals surface area contributed by atoms with Crippen LogP contribution in [0.15, 0.2) is 84.9 Å². The third-order valence-corrected chi connectivity index (χ3v) is 6.55. The minimum Gasteiger partial charge on any atom is -0.355 e. The van der Waals surface area contributed by atoms with Crippen molar-refractivity contribution in [3.05, 3.63) is 107 Å². The number of benzene rings is 3. The van der Waals surface area contributed by atoms with Crippen molar-refractivity contribution >= 4 is 23.6 Å². The lowest BCUT2D eigenvalue weighted by Gasteiger charge is -2.32. The standard InChI is InChI=1S/C28H32N2O2S/c1-3-29-28(32)26(18-23-13-6-4-7-14-23)30(19-25-17-11-10-12-22(25)2)27(31)21-33-20-24-15-8-5-9-16-24/h4-17,26H,3,18-21H2,1-2H3,(H,29,32)/t26-/m1/s1. The second-order valence-electron chi connectivity index (χ2n) is 8.03. The van der Waals surface area contributed by atoms with Gasteiger partial charge in [-0.15, -0.1) is 11.8 Å². The monoisotopic (exact) mass is 460 g/mol. The molecule has 2 amide bonds. The molecule has 0 saturated heterocycles. The molecule has 1 atom stereocenters. The van der Waals surface area contributed by atoms with Crippen LogP contribution in [-0.4, -0.2) is 35.1 Å². The molecular formula is C28H32N2O2S. The molecule has 172 valence electrons. The average Bonchev–Trinajstić information content (AvgIpc) is 2.84. The summed E-state index contributed by atoms with van der Waals surface area (Å²) in [4.78, 5) is 28.4. The zero-order valence-electron chi connectivity index (χ0n) is 19.4. The topological polar surface area (TPSA) is 49.4 Å². The Morgan fingerprint density at radius 3 is 2.12 bits per heavy atom. The van der Waals surface area contributed by atoms with E-state index in [0.29, 0.717) is 25.3 Å². The Kier molecular flexibility index (Phi) is 9.58. The minimum atomic E-state index is -0.572. The van der Waals surface area contributed by atoms with Crippen LogP contribution < -0.4 is 5.32 Å². The van der Waals surface area contributed by atoms with Crippen LogP contribution in [0, 0.1) is 6.92 Å². The number of amides is 2. The summed E-state index contributed by atoms with van der Waals surface area (Å²) in [6, 6.07) is 27.5. The summed E-state index contributed by atoms with van der Waals surface area (Å²) < 4.78 is 0. The number of carbonyl (C=O) groups is 2. The molecule has 0 aliphatic rings. The van der Waals surface area contributed by atoms with Gasteiger partial charge in [0.1, 0.15) is 6.04 Å². The highest BCUT2D eigenvalue weighted by Crippen LogP contribution is 2.19. The summed E-state index contributed by atoms with van der Waals surface area (Å²) in [5, 5.41) is 2.94. The molecule has 3 aromatic rings. The van der Waals surface area contributed by atoms with E-state index in [0.717, 1.165) is 22.4 Å². The molecule has 0 spiro atoms. The van der Waals surface area contributed by atoms with E-state index in [1.165, 1.54) is 5.56 Å². The quantitative estimate of drug-likeness (QED) is 0.438. The van der Waals surface area contributed by atoms with Gasteiger partial charge in [0.2, 0.25) is 11.8 Å². The molecule has 0 unspecified atom stereocenters. The third-order valence-electron chi connectivity index (χ3n) is 5.56. The lowest BCUT2D eigenvalue weighted by molar-refractivity contribution is -0.139. The fourth-order valence-electron chi connectivity index (χ4n) is 3.73. The Hall–Kier alpha value is -3.05. The summed E-state index contributed by atoms with van der Waals surface area (Å²) >= 11 is 1.58. The Labute approximate surface area is 201 Å². The molecule has 4 nitrogen and oxygen atoms in total. The molecule has 33 heavy (non-hydrogen) atoms. The van der Waals surface area contributed by atoms with Crippen LogP contribution in [0.25, 0.3) is 0 Å². The molecule has 0 saturated carbocycles. The third kappa shape index (κ3) is 7.50. The van der Waals surface area contributed by atoms with Crippen molar-refractivity contribution in [1.29, 1.82) is 0 Å². The predicted octanol–water partition coefficient (Wildman–Crippen LogP) is 5.00. The summed E-state index contributed by atoms with van der Waals surface area (Å²) in [6.45, 7) is 4.88. The van der Waals surface area contributed by atoms with Gasteiger partial charge in [-0.05, 0) is 36.1 Å². The molecule has 0 aromatic heterocycles. The fraction of sp³-hybridized carbons (Fsp3) is 0.286. The smallest absolute Gasteiger partial charge is 0.243 e. The highest BCUT2D eigenvalue weighted by atomic mass is 32.2. The van der Waals surface area contributed by atoms with Crippen molar-refractivity contribution in [1.82, 2.24) is 10.2 Å². The zero-order valence-corrected chi connectivity index (χ0v) is 20.2. The summed E-state index contributed by atoms with van der Waals surface area (Å²) in [7, 11) is 0. The van der Waals surface area contributed by atoms with Crippen molar-refractivity contribution in [2.45, 2.75) is 38.6 Å². The molecule has 0 bridgehead atoms. The van der Waals surface area contributed by atoms with Gasteiger partial charge in [0.05, 0.1) is 5.75 Å². The summed E-state index contributed by atoms with van der Waals surface area (Å²) in [5.41, 5.74) is 4.39. The van der Waals surface area contributed by atoms with Crippen LogP contribution in [-0.2, 0) is 28.3 Å². The van der Waals surface area contributed by atoms with Crippen molar-refractivity contribution in [3.63, 3.8) is 0 Å². The molecule has 0 radical (unpaired) electrons. The minimum absolute atomic E-state index is 0.0219. The van der Waals surface area contributed by atoms with E-state index in [1.807, 2.05) is 86.6 Å². The molecule has 0 heterocycles. The molecule has 5 heteroatoms. The average molecular weight is 461 g/mol. The maximum Gasteiger partial charge on any atom is 0.243 e. The second-order valence-corrected chi connectivity index (χ2v) is 9.01. The summed E-state index contributed by atoms with van der Waals surface area (Å²) in [6.07, 6.45) is 0.480. The van der Waals surface area contributed by atoms with Gasteiger partial charge in [0, 0.05) is 25.3 Å². The molecule has 0 fully saturated rings. The molecular weight excluding hydrogens is 428 g/mol. The SMILES string of the molecule is CCNC(=O)[C@@H](Cc1ccccc1)N(Cc1ccccc1C)C(=O)CSCc1ccccc1. The molecule has 0 aliphatic heterocycles. The first kappa shape index (κ1) is 24.6. The highest BCUT2D eigenvalue weighted by molar-refractivity contribution is 7.99. The number of nitrogens with one attached hydrogen (secondary N) is 1. The maximum absolute atomic E-state index is 13.5. The number of aryl methyl sites for hydroxylation is 1. The van der Waals surface area contributed by atoms with Gasteiger partial charge in [0.15, 0.2) is 0 Å². The van der Waals surface area contributed by atoms with Crippen molar-refractivity contribution < 1.29 is 9.59 Å². The number of thioether (sulfide) groups is 1. The van der Waals surface area contributed by atoms with Crippen LogP contribution >= 0.6 is 11.8 Å². The van der Waals surface area contributed by atoms with Crippen LogP contribution in [0.2, 0.25) is 0 Å². The van der Waals surface area contributed by atoms with Gasteiger partial charge in [-0.1, -0.05) is 84.9 Å². The first-order chi connectivity index (χ1) is 16.1. The Morgan fingerprint density at radius 1 is 0.879 bits per heavy atom. The van der Waals surface area contributed by atoms with Gasteiger partial charge >= 0.3 is 0 Å². The van der Waals surface area contributed by atoms with Crippen LogP contribution in [0.4, 0.5) is 0 Å². The van der Waals surface area contributed by atoms with Crippen LogP contribution in [0.3, 0.4) is 0 Å². The largest absolute Gasteiger partial charge is 0.355 e. The molecule has 0 aliphatic carbocycles. The van der Waals surface area contributed by atoms with Crippen LogP contribution in [0.1, 0.15) is 29.2 Å². The van der Waals surface area contributed by atoms with Crippen molar-refractivity contribution in [3.8, 4) is 0 Å². The fourth-order valence-corrected chi connectivity index (χ4v) is 4.60. The zero-order chi connectivity index (χ0) is 23.5. The summed E-state index contributed by atoms with van der Waals surface area (Å²) in [5.74, 6) is 0.948. The lowest BCUT2D eigenvalue weighted by atomic mass is 10.0. The Bertz CT molecular complexity index is 1020. The van der Waals surface area contributed by atoms with Crippen molar-refractivity contribution in [2.24, 2.45) is 0 Å². The lowest BCUT2D eigenvalue weighted by Crippen LogP contribution is -2.51. The number of hydrogen-bond donors (Lipinski definition) is 1. The van der Waals surface area contributed by atoms with Crippen LogP contribution in [0.5, 0.6) is 0 Å². The normalized spacial score (nSPS) is 11.6. The molecule has 3 aromatic carbocycles. The van der Waals surface area contributed by atoms with E-state index in [-0.39, 0.29) is 11.8 Å². The molecule has 3 rings (SSSR count). The second kappa shape index (κ2) is 12.9. The number of carbonyl (C=O) groups excluding carboxylic acids is 2. The van der Waals surface area contributed by atoms with Gasteiger partial charge in [0.25, 0.3) is 0 Å².